The molecule has 0 radical (unpaired) electrons. The van der Waals surface area contributed by atoms with E-state index in [1.54, 1.807) is 24.8 Å². The molecule has 0 spiro atoms. The molecule has 0 atom stereocenters. The largest absolute Gasteiger partial charge is 0.452 e. The molecule has 0 unspecified atom stereocenters. The molecular weight excluding hydrogens is 1660 g/mol. The van der Waals surface area contributed by atoms with Crippen LogP contribution in [0.25, 0.3) is 229 Å². The molecule has 132 heavy (non-hydrogen) atoms. The Balaban J connectivity index is 0.0000000967. The van der Waals surface area contributed by atoms with Gasteiger partial charge in [-0.3, -0.25) is 9.97 Å². The lowest BCUT2D eigenvalue weighted by atomic mass is 10.0. The molecule has 646 valence electrons. The SMILES string of the molecule is Cc1ccc2c(n1)oc1c3cc(C)c(-c4cncc[n+]4C)cc3oc21.Cc1ccc2c(n1)oc1c3cc(C)c(-c4nccc[n+]4C)cc3oc21.Cc1ccc2c(n1)oc1c3ccc(C)c(-c4cncc[n+]4C)c3oc21.Cc1ccc2c(n1)oc1c3ccc(C)c(-c4n(-c5c(C)cccc5C)cc[n+]4C)c3oc21.Cc1ccc2c(n1)oc1c3ccc(C)c(-c4nccc[n+]4C)c3oc21. The van der Waals surface area contributed by atoms with Crippen LogP contribution in [0.2, 0.25) is 0 Å². The zero-order chi connectivity index (χ0) is 90.7. The van der Waals surface area contributed by atoms with Crippen LogP contribution >= 0.6 is 0 Å². The fourth-order valence-corrected chi connectivity index (χ4v) is 18.2. The third kappa shape index (κ3) is 13.4. The van der Waals surface area contributed by atoms with Crippen LogP contribution in [0.15, 0.2) is 270 Å². The van der Waals surface area contributed by atoms with Gasteiger partial charge in [-0.25, -0.2) is 38.6 Å². The van der Waals surface area contributed by atoms with E-state index < -0.39 is 0 Å². The van der Waals surface area contributed by atoms with Crippen LogP contribution in [0.1, 0.15) is 67.4 Å². The van der Waals surface area contributed by atoms with Crippen molar-refractivity contribution < 1.29 is 67.0 Å². The van der Waals surface area contributed by atoms with Crippen molar-refractivity contribution in [2.24, 2.45) is 35.2 Å². The lowest BCUT2D eigenvalue weighted by molar-refractivity contribution is -0.663. The summed E-state index contributed by atoms with van der Waals surface area (Å²) in [5.74, 6) is 2.83. The fourth-order valence-electron chi connectivity index (χ4n) is 18.2. The number of aromatic nitrogens is 15. The molecule has 0 N–H and O–H groups in total. The molecule has 20 aromatic heterocycles. The normalized spacial score (nSPS) is 11.8. The van der Waals surface area contributed by atoms with Crippen LogP contribution in [-0.4, -0.2) is 49.4 Å². The maximum absolute atomic E-state index is 6.53. The highest BCUT2D eigenvalue weighted by molar-refractivity contribution is 6.19. The Labute approximate surface area is 752 Å². The van der Waals surface area contributed by atoms with E-state index in [0.717, 1.165) is 251 Å². The minimum absolute atomic E-state index is 0.612. The standard InChI is InChI=1S/C27H24N3O2.4C20H16N3O2/c1-15-9-11-19-23(31-25-20-12-10-18(4)28-26(20)32-24(19)25)21(15)27-29(5)13-14-30(27)22-16(2)7-6-8-17(22)3;1-11-5-7-13-16(15(11)19-21-9-4-10-23(19)3)24-18-14-8-6-12(2)22-20(14)25-17(13)18;1-11-9-15-16(10-14(11)19-21-7-4-8-23(19)3)24-17-13-6-5-12(2)22-20(13)25-18(15)17;1-11-4-6-13-17(16(11)15-10-21-8-9-23(15)3)24-19-14-7-5-12(2)22-20(14)25-18(13)19;1-11-8-15-17(9-14(11)16-10-21-6-7-23(16)3)24-18-13-5-4-12(2)22-20(13)25-19(15)18/h6-14H,1-5H3;4*4-10H,1-3H3/q5*+1. The summed E-state index contributed by atoms with van der Waals surface area (Å²) in [5, 5.41) is 9.30. The summed E-state index contributed by atoms with van der Waals surface area (Å²) in [5.41, 5.74) is 35.8. The van der Waals surface area contributed by atoms with E-state index in [0.29, 0.717) is 28.6 Å². The Morgan fingerprint density at radius 1 is 0.258 bits per heavy atom. The molecule has 0 aliphatic heterocycles. The maximum Gasteiger partial charge on any atom is 0.334 e. The third-order valence-electron chi connectivity index (χ3n) is 24.9. The molecular formula is C107H88N15O10+5. The van der Waals surface area contributed by atoms with Gasteiger partial charge in [0.1, 0.15) is 66.9 Å². The number of hydrogen-bond acceptors (Lipinski definition) is 19. The summed E-state index contributed by atoms with van der Waals surface area (Å²) in [6.07, 6.45) is 22.9. The van der Waals surface area contributed by atoms with E-state index in [-0.39, 0.29) is 0 Å². The predicted octanol–water partition coefficient (Wildman–Crippen LogP) is 23.2. The van der Waals surface area contributed by atoms with Crippen LogP contribution in [0.3, 0.4) is 0 Å². The van der Waals surface area contributed by atoms with E-state index in [1.807, 2.05) is 205 Å². The van der Waals surface area contributed by atoms with Crippen LogP contribution in [0, 0.1) is 83.1 Å². The van der Waals surface area contributed by atoms with Gasteiger partial charge in [0.25, 0.3) is 5.82 Å². The molecule has 6 aromatic carbocycles. The highest BCUT2D eigenvalue weighted by atomic mass is 16.4. The average Bonchev–Trinajstić information content (AvgIpc) is 1.58. The van der Waals surface area contributed by atoms with E-state index in [2.05, 4.69) is 187 Å². The van der Waals surface area contributed by atoms with Gasteiger partial charge in [-0.15, -0.1) is 0 Å². The lowest BCUT2D eigenvalue weighted by Crippen LogP contribution is -2.31. The molecule has 0 amide bonds. The minimum atomic E-state index is 0.612. The molecule has 0 saturated heterocycles. The average molecular weight is 1740 g/mol. The number of pyridine rings is 5. The van der Waals surface area contributed by atoms with Crippen LogP contribution in [0.5, 0.6) is 0 Å². The van der Waals surface area contributed by atoms with Gasteiger partial charge in [-0.05, 0) is 235 Å². The summed E-state index contributed by atoms with van der Waals surface area (Å²) in [7, 11) is 10.1. The number of nitrogens with zero attached hydrogens (tertiary/aromatic N) is 15. The molecule has 20 heterocycles. The van der Waals surface area contributed by atoms with Crippen molar-refractivity contribution in [1.82, 2.24) is 49.4 Å². The second kappa shape index (κ2) is 31.4. The Morgan fingerprint density at radius 3 is 1.05 bits per heavy atom. The number of fused-ring (bicyclic) bond motifs is 25. The number of rotatable bonds is 6. The van der Waals surface area contributed by atoms with Gasteiger partial charge in [-0.2, -0.15) is 13.7 Å². The number of imidazole rings is 1. The zero-order valence-corrected chi connectivity index (χ0v) is 75.7. The predicted molar refractivity (Wildman–Crippen MR) is 507 cm³/mol. The molecule has 0 bridgehead atoms. The number of furan rings is 10. The van der Waals surface area contributed by atoms with Gasteiger partial charge < -0.3 is 44.2 Å². The summed E-state index contributed by atoms with van der Waals surface area (Å²) >= 11 is 0. The summed E-state index contributed by atoms with van der Waals surface area (Å²) in [4.78, 5) is 39.9. The Kier molecular flexibility index (Phi) is 19.3. The molecule has 0 fully saturated rings. The van der Waals surface area contributed by atoms with Crippen molar-refractivity contribution in [3.63, 3.8) is 0 Å². The molecule has 25 nitrogen and oxygen atoms in total. The van der Waals surface area contributed by atoms with Crippen molar-refractivity contribution in [2.75, 3.05) is 0 Å². The molecule has 0 aliphatic carbocycles. The highest BCUT2D eigenvalue weighted by Crippen LogP contribution is 2.47. The van der Waals surface area contributed by atoms with Gasteiger partial charge in [-0.1, -0.05) is 36.4 Å². The first-order chi connectivity index (χ1) is 63.9. The van der Waals surface area contributed by atoms with Crippen molar-refractivity contribution in [2.45, 2.75) is 83.1 Å². The monoisotopic (exact) mass is 1740 g/mol. The Morgan fingerprint density at radius 2 is 0.614 bits per heavy atom. The van der Waals surface area contributed by atoms with Crippen LogP contribution in [-0.2, 0) is 35.2 Å². The first-order valence-corrected chi connectivity index (χ1v) is 43.4. The van der Waals surface area contributed by atoms with E-state index in [4.69, 9.17) is 44.2 Å². The Hall–Kier alpha value is -16.7. The molecule has 0 saturated carbocycles. The quantitative estimate of drug-likeness (QED) is 0.140. The third-order valence-corrected chi connectivity index (χ3v) is 24.9. The summed E-state index contributed by atoms with van der Waals surface area (Å²) in [6, 6.07) is 50.9. The lowest BCUT2D eigenvalue weighted by Gasteiger charge is -2.10. The van der Waals surface area contributed by atoms with Gasteiger partial charge in [0.05, 0.1) is 129 Å². The zero-order valence-electron chi connectivity index (χ0n) is 75.7. The number of aryl methyl sites for hydroxylation is 17. The van der Waals surface area contributed by atoms with Gasteiger partial charge in [0.2, 0.25) is 40.0 Å². The first-order valence-electron chi connectivity index (χ1n) is 43.4. The summed E-state index contributed by atoms with van der Waals surface area (Å²) < 4.78 is 74.1. The van der Waals surface area contributed by atoms with Crippen molar-refractivity contribution >= 4 is 166 Å². The van der Waals surface area contributed by atoms with Crippen molar-refractivity contribution in [3.05, 3.63) is 293 Å². The van der Waals surface area contributed by atoms with E-state index in [1.165, 1.54) is 16.8 Å². The van der Waals surface area contributed by atoms with Gasteiger partial charge in [0, 0.05) is 40.6 Å². The molecule has 25 heteroatoms. The minimum Gasteiger partial charge on any atom is -0.452 e. The topological polar surface area (TPSA) is 272 Å². The second-order valence-electron chi connectivity index (χ2n) is 34.2. The highest BCUT2D eigenvalue weighted by Gasteiger charge is 2.33. The number of benzene rings is 6. The number of para-hydroxylation sites is 1. The second-order valence-corrected chi connectivity index (χ2v) is 34.2. The molecule has 26 rings (SSSR count). The van der Waals surface area contributed by atoms with Crippen molar-refractivity contribution in [1.29, 1.82) is 0 Å². The van der Waals surface area contributed by atoms with E-state index >= 15 is 0 Å². The smallest absolute Gasteiger partial charge is 0.334 e. The summed E-state index contributed by atoms with van der Waals surface area (Å²) in [6.45, 7) is 24.5. The van der Waals surface area contributed by atoms with Crippen LogP contribution < -0.4 is 22.8 Å². The van der Waals surface area contributed by atoms with Crippen LogP contribution in [0.4, 0.5) is 0 Å². The van der Waals surface area contributed by atoms with Crippen molar-refractivity contribution in [3.8, 4) is 62.4 Å². The van der Waals surface area contributed by atoms with Gasteiger partial charge in [0.15, 0.2) is 85.0 Å². The first kappa shape index (κ1) is 81.1. The Bertz CT molecular complexity index is 8830. The van der Waals surface area contributed by atoms with Gasteiger partial charge >= 0.3 is 11.6 Å². The molecule has 0 aliphatic rings. The van der Waals surface area contributed by atoms with E-state index in [9.17, 15) is 0 Å². The fraction of sp³-hybridized carbons (Fsp3) is 0.159. The number of hydrogen-bond donors (Lipinski definition) is 0. The maximum atomic E-state index is 6.53. The molecule has 26 aromatic rings.